The standard InChI is InChI=1S/C16H28N6O2S/c1-5-12(21(3)4)15(23)13(6-2)24-8-7-22-10-11(19-20-22)14-9-18-16(17)25-14/h9-10,12-13,15,23H,5-8H2,1-4H3,(H2,17,18)/t12?,13-,15?/m0/s1. The van der Waals surface area contributed by atoms with E-state index in [1.54, 1.807) is 10.9 Å². The van der Waals surface area contributed by atoms with Crippen LogP contribution in [0.25, 0.3) is 10.6 Å². The van der Waals surface area contributed by atoms with E-state index in [4.69, 9.17) is 10.5 Å². The average molecular weight is 369 g/mol. The molecule has 25 heavy (non-hydrogen) atoms. The number of anilines is 1. The Kier molecular flexibility index (Phi) is 7.30. The molecule has 0 spiro atoms. The monoisotopic (exact) mass is 368 g/mol. The number of likely N-dealkylation sites (N-methyl/N-ethyl adjacent to an activating group) is 1. The minimum absolute atomic E-state index is 0.0831. The van der Waals surface area contributed by atoms with Gasteiger partial charge in [-0.25, -0.2) is 9.67 Å². The van der Waals surface area contributed by atoms with Crippen molar-refractivity contribution in [3.05, 3.63) is 12.4 Å². The van der Waals surface area contributed by atoms with Crippen molar-refractivity contribution >= 4 is 16.5 Å². The lowest BCUT2D eigenvalue weighted by Gasteiger charge is -2.33. The molecule has 0 aliphatic heterocycles. The van der Waals surface area contributed by atoms with Crippen LogP contribution in [0.4, 0.5) is 5.13 Å². The highest BCUT2D eigenvalue weighted by molar-refractivity contribution is 7.18. The third kappa shape index (κ3) is 5.21. The van der Waals surface area contributed by atoms with Crippen molar-refractivity contribution in [1.82, 2.24) is 24.9 Å². The molecule has 0 aliphatic carbocycles. The summed E-state index contributed by atoms with van der Waals surface area (Å²) in [6.45, 7) is 5.14. The molecular weight excluding hydrogens is 340 g/mol. The average Bonchev–Trinajstić information content (AvgIpc) is 3.20. The van der Waals surface area contributed by atoms with E-state index in [1.807, 2.05) is 32.1 Å². The van der Waals surface area contributed by atoms with Gasteiger partial charge < -0.3 is 20.5 Å². The summed E-state index contributed by atoms with van der Waals surface area (Å²) in [6, 6.07) is 0.0831. The summed E-state index contributed by atoms with van der Waals surface area (Å²) in [7, 11) is 3.96. The van der Waals surface area contributed by atoms with E-state index in [0.29, 0.717) is 18.3 Å². The first kappa shape index (κ1) is 19.8. The molecule has 0 aliphatic rings. The van der Waals surface area contributed by atoms with Crippen LogP contribution in [0, 0.1) is 0 Å². The smallest absolute Gasteiger partial charge is 0.180 e. The minimum atomic E-state index is -0.517. The molecule has 140 valence electrons. The molecule has 3 N–H and O–H groups in total. The molecule has 2 rings (SSSR count). The zero-order chi connectivity index (χ0) is 18.4. The molecule has 0 bridgehead atoms. The number of aliphatic hydroxyl groups excluding tert-OH is 1. The van der Waals surface area contributed by atoms with Gasteiger partial charge in [-0.15, -0.1) is 5.10 Å². The predicted octanol–water partition coefficient (Wildman–Crippen LogP) is 1.48. The quantitative estimate of drug-likeness (QED) is 0.655. The van der Waals surface area contributed by atoms with Crippen molar-refractivity contribution in [2.24, 2.45) is 0 Å². The van der Waals surface area contributed by atoms with E-state index >= 15 is 0 Å². The van der Waals surface area contributed by atoms with Gasteiger partial charge in [-0.1, -0.05) is 30.4 Å². The molecule has 0 saturated carbocycles. The third-order valence-corrected chi connectivity index (χ3v) is 5.08. The van der Waals surface area contributed by atoms with E-state index in [-0.39, 0.29) is 12.1 Å². The van der Waals surface area contributed by atoms with Gasteiger partial charge in [-0.2, -0.15) is 0 Å². The summed E-state index contributed by atoms with van der Waals surface area (Å²) < 4.78 is 7.64. The molecule has 2 unspecified atom stereocenters. The Balaban J connectivity index is 1.87. The second kappa shape index (κ2) is 9.23. The first-order valence-electron chi connectivity index (χ1n) is 8.54. The van der Waals surface area contributed by atoms with Crippen LogP contribution in [-0.4, -0.2) is 68.9 Å². The van der Waals surface area contributed by atoms with E-state index in [9.17, 15) is 5.11 Å². The Morgan fingerprint density at radius 2 is 2.12 bits per heavy atom. The fourth-order valence-electron chi connectivity index (χ4n) is 2.84. The Hall–Kier alpha value is -1.55. The summed E-state index contributed by atoms with van der Waals surface area (Å²) in [5, 5.41) is 19.3. The molecule has 2 aromatic rings. The van der Waals surface area contributed by atoms with Gasteiger partial charge in [0.2, 0.25) is 0 Å². The largest absolute Gasteiger partial charge is 0.389 e. The van der Waals surface area contributed by atoms with E-state index < -0.39 is 6.10 Å². The number of rotatable bonds is 10. The summed E-state index contributed by atoms with van der Waals surface area (Å²) >= 11 is 1.38. The Bertz CT molecular complexity index is 644. The number of hydrogen-bond acceptors (Lipinski definition) is 8. The Morgan fingerprint density at radius 1 is 1.36 bits per heavy atom. The number of hydrogen-bond donors (Lipinski definition) is 2. The molecule has 0 radical (unpaired) electrons. The molecule has 0 saturated heterocycles. The number of aliphatic hydroxyl groups is 1. The zero-order valence-corrected chi connectivity index (χ0v) is 16.1. The van der Waals surface area contributed by atoms with Crippen LogP contribution < -0.4 is 5.73 Å². The van der Waals surface area contributed by atoms with Crippen LogP contribution in [-0.2, 0) is 11.3 Å². The van der Waals surface area contributed by atoms with Crippen LogP contribution in [0.15, 0.2) is 12.4 Å². The molecule has 2 aromatic heterocycles. The number of nitrogens with zero attached hydrogens (tertiary/aromatic N) is 5. The van der Waals surface area contributed by atoms with Crippen molar-refractivity contribution in [2.75, 3.05) is 26.4 Å². The summed E-state index contributed by atoms with van der Waals surface area (Å²) in [4.78, 5) is 6.95. The molecule has 0 fully saturated rings. The van der Waals surface area contributed by atoms with Crippen molar-refractivity contribution in [1.29, 1.82) is 0 Å². The van der Waals surface area contributed by atoms with Crippen molar-refractivity contribution < 1.29 is 9.84 Å². The molecule has 0 aromatic carbocycles. The highest BCUT2D eigenvalue weighted by atomic mass is 32.1. The minimum Gasteiger partial charge on any atom is -0.389 e. The first-order valence-corrected chi connectivity index (χ1v) is 9.35. The molecule has 3 atom stereocenters. The highest BCUT2D eigenvalue weighted by Crippen LogP contribution is 2.24. The van der Waals surface area contributed by atoms with E-state index in [2.05, 4.69) is 22.2 Å². The SMILES string of the molecule is CCC(C(O)[C@H](CC)OCCn1cc(-c2cnc(N)s2)nn1)N(C)C. The van der Waals surface area contributed by atoms with Crippen LogP contribution in [0.3, 0.4) is 0 Å². The maximum Gasteiger partial charge on any atom is 0.180 e. The molecule has 8 nitrogen and oxygen atoms in total. The van der Waals surface area contributed by atoms with E-state index in [1.165, 1.54) is 11.3 Å². The van der Waals surface area contributed by atoms with Crippen LogP contribution in [0.2, 0.25) is 0 Å². The van der Waals surface area contributed by atoms with Crippen molar-refractivity contribution in [3.8, 4) is 10.6 Å². The molecule has 9 heteroatoms. The molecule has 0 amide bonds. The maximum absolute atomic E-state index is 10.6. The fourth-order valence-corrected chi connectivity index (χ4v) is 3.48. The summed E-state index contributed by atoms with van der Waals surface area (Å²) in [5.41, 5.74) is 6.39. The van der Waals surface area contributed by atoms with Gasteiger partial charge in [0.15, 0.2) is 5.13 Å². The summed E-state index contributed by atoms with van der Waals surface area (Å²) in [6.07, 6.45) is 4.46. The molecule has 2 heterocycles. The van der Waals surface area contributed by atoms with Gasteiger partial charge in [0, 0.05) is 12.2 Å². The van der Waals surface area contributed by atoms with Gasteiger partial charge >= 0.3 is 0 Å². The lowest BCUT2D eigenvalue weighted by atomic mass is 10.0. The van der Waals surface area contributed by atoms with Gasteiger partial charge in [0.05, 0.1) is 36.4 Å². The number of ether oxygens (including phenoxy) is 1. The van der Waals surface area contributed by atoms with Gasteiger partial charge in [-0.05, 0) is 26.9 Å². The normalized spacial score (nSPS) is 15.4. The molecular formula is C16H28N6O2S. The van der Waals surface area contributed by atoms with Gasteiger partial charge in [-0.3, -0.25) is 0 Å². The first-order chi connectivity index (χ1) is 12.0. The number of thiazole rings is 1. The Labute approximate surface area is 152 Å². The number of nitrogens with two attached hydrogens (primary N) is 1. The lowest BCUT2D eigenvalue weighted by Crippen LogP contribution is -2.46. The topological polar surface area (TPSA) is 102 Å². The Morgan fingerprint density at radius 3 is 2.68 bits per heavy atom. The van der Waals surface area contributed by atoms with Crippen molar-refractivity contribution in [2.45, 2.75) is 51.5 Å². The van der Waals surface area contributed by atoms with Crippen LogP contribution in [0.5, 0.6) is 0 Å². The third-order valence-electron chi connectivity index (χ3n) is 4.23. The summed E-state index contributed by atoms with van der Waals surface area (Å²) in [5.74, 6) is 0. The number of nitrogen functional groups attached to an aromatic ring is 1. The van der Waals surface area contributed by atoms with Gasteiger partial charge in [0.1, 0.15) is 5.69 Å². The van der Waals surface area contributed by atoms with Gasteiger partial charge in [0.25, 0.3) is 0 Å². The second-order valence-corrected chi connectivity index (χ2v) is 7.24. The predicted molar refractivity (Wildman–Crippen MR) is 99.3 cm³/mol. The van der Waals surface area contributed by atoms with Crippen molar-refractivity contribution in [3.63, 3.8) is 0 Å². The van der Waals surface area contributed by atoms with E-state index in [0.717, 1.165) is 23.4 Å². The lowest BCUT2D eigenvalue weighted by molar-refractivity contribution is -0.0719. The maximum atomic E-state index is 10.6. The zero-order valence-electron chi connectivity index (χ0n) is 15.3. The van der Waals surface area contributed by atoms with Crippen LogP contribution in [0.1, 0.15) is 26.7 Å². The highest BCUT2D eigenvalue weighted by Gasteiger charge is 2.27. The fraction of sp³-hybridized carbons (Fsp3) is 0.688. The second-order valence-electron chi connectivity index (χ2n) is 6.18. The van der Waals surface area contributed by atoms with Crippen LogP contribution >= 0.6 is 11.3 Å². The number of aromatic nitrogens is 4.